The zero-order valence-electron chi connectivity index (χ0n) is 13.1. The molecule has 0 saturated carbocycles. The van der Waals surface area contributed by atoms with Crippen molar-refractivity contribution in [2.45, 2.75) is 36.4 Å². The van der Waals surface area contributed by atoms with Gasteiger partial charge in [0.05, 0.1) is 18.1 Å². The van der Waals surface area contributed by atoms with Crippen molar-refractivity contribution in [2.75, 3.05) is 14.2 Å². The number of benzene rings is 1. The van der Waals surface area contributed by atoms with Gasteiger partial charge in [0.1, 0.15) is 12.0 Å². The summed E-state index contributed by atoms with van der Waals surface area (Å²) in [5, 5.41) is -0.144. The Kier molecular flexibility index (Phi) is 4.60. The Bertz CT molecular complexity index is 594. The van der Waals surface area contributed by atoms with E-state index < -0.39 is 18.0 Å². The standard InChI is InChI=1S/C17H20ClNO4/c1-19-11-8-12(18)15(19)14(17(21)22-2)13(9-11)23-16(20)10-6-4-3-5-7-10/h3-7,11-15H,8-9H2,1-2H3/t11-,12-,13-,14-,15+/m0/s1. The predicted molar refractivity (Wildman–Crippen MR) is 85.4 cm³/mol. The highest BCUT2D eigenvalue weighted by molar-refractivity contribution is 6.21. The number of esters is 2. The van der Waals surface area contributed by atoms with Gasteiger partial charge in [-0.25, -0.2) is 4.79 Å². The van der Waals surface area contributed by atoms with Crippen molar-refractivity contribution >= 4 is 23.5 Å². The minimum atomic E-state index is -0.557. The number of hydrogen-bond acceptors (Lipinski definition) is 5. The highest BCUT2D eigenvalue weighted by Gasteiger charge is 2.54. The molecular weight excluding hydrogens is 318 g/mol. The number of nitrogens with zero attached hydrogens (tertiary/aromatic N) is 1. The molecule has 0 amide bonds. The van der Waals surface area contributed by atoms with Crippen molar-refractivity contribution < 1.29 is 19.1 Å². The lowest BCUT2D eigenvalue weighted by molar-refractivity contribution is -0.155. The van der Waals surface area contributed by atoms with Gasteiger partial charge in [-0.2, -0.15) is 0 Å². The molecule has 6 heteroatoms. The van der Waals surface area contributed by atoms with Crippen LogP contribution in [0.2, 0.25) is 0 Å². The van der Waals surface area contributed by atoms with Crippen LogP contribution in [0.3, 0.4) is 0 Å². The van der Waals surface area contributed by atoms with Crippen LogP contribution in [0.15, 0.2) is 30.3 Å². The molecule has 23 heavy (non-hydrogen) atoms. The fraction of sp³-hybridized carbons (Fsp3) is 0.529. The van der Waals surface area contributed by atoms with Gasteiger partial charge >= 0.3 is 11.9 Å². The van der Waals surface area contributed by atoms with Crippen LogP contribution in [0, 0.1) is 5.92 Å². The first-order valence-electron chi connectivity index (χ1n) is 7.72. The third kappa shape index (κ3) is 2.95. The van der Waals surface area contributed by atoms with Gasteiger partial charge in [0.15, 0.2) is 0 Å². The van der Waals surface area contributed by atoms with E-state index in [1.807, 2.05) is 13.1 Å². The molecular formula is C17H20ClNO4. The Hall–Kier alpha value is -1.59. The molecule has 2 bridgehead atoms. The number of piperidine rings is 1. The van der Waals surface area contributed by atoms with Crippen LogP contribution in [-0.2, 0) is 14.3 Å². The molecule has 0 N–H and O–H groups in total. The lowest BCUT2D eigenvalue weighted by Crippen LogP contribution is -2.55. The Morgan fingerprint density at radius 3 is 2.57 bits per heavy atom. The third-order valence-electron chi connectivity index (χ3n) is 4.93. The monoisotopic (exact) mass is 337 g/mol. The lowest BCUT2D eigenvalue weighted by atomic mass is 9.87. The average molecular weight is 338 g/mol. The molecule has 124 valence electrons. The SMILES string of the molecule is COC(=O)[C@@H]1[C@H]2[C@@H](Cl)C[C@@H](C[C@@H]1OC(=O)c1ccccc1)N2C. The van der Waals surface area contributed by atoms with Gasteiger partial charge in [-0.1, -0.05) is 18.2 Å². The number of halogens is 1. The van der Waals surface area contributed by atoms with E-state index in [2.05, 4.69) is 4.90 Å². The fourth-order valence-corrected chi connectivity index (χ4v) is 4.31. The van der Waals surface area contributed by atoms with Gasteiger partial charge in [0.25, 0.3) is 0 Å². The first-order chi connectivity index (χ1) is 11.0. The topological polar surface area (TPSA) is 55.8 Å². The van der Waals surface area contributed by atoms with Crippen molar-refractivity contribution in [3.8, 4) is 0 Å². The molecule has 2 heterocycles. The van der Waals surface area contributed by atoms with Crippen molar-refractivity contribution in [3.05, 3.63) is 35.9 Å². The summed E-state index contributed by atoms with van der Waals surface area (Å²) in [5.74, 6) is -1.35. The number of hydrogen-bond donors (Lipinski definition) is 0. The highest BCUT2D eigenvalue weighted by Crippen LogP contribution is 2.42. The molecule has 5 nitrogen and oxygen atoms in total. The maximum Gasteiger partial charge on any atom is 0.338 e. The smallest absolute Gasteiger partial charge is 0.338 e. The van der Waals surface area contributed by atoms with Gasteiger partial charge in [0, 0.05) is 18.5 Å². The molecule has 2 aliphatic heterocycles. The molecule has 2 aliphatic rings. The summed E-state index contributed by atoms with van der Waals surface area (Å²) in [6.45, 7) is 0. The molecule has 0 radical (unpaired) electrons. The Morgan fingerprint density at radius 2 is 1.91 bits per heavy atom. The Morgan fingerprint density at radius 1 is 1.22 bits per heavy atom. The molecule has 5 atom stereocenters. The Balaban J connectivity index is 1.82. The second-order valence-corrected chi connectivity index (χ2v) is 6.72. The molecule has 1 aromatic carbocycles. The zero-order chi connectivity index (χ0) is 16.6. The van der Waals surface area contributed by atoms with E-state index in [0.717, 1.165) is 6.42 Å². The number of alkyl halides is 1. The van der Waals surface area contributed by atoms with Gasteiger partial charge in [0.2, 0.25) is 0 Å². The minimum absolute atomic E-state index is 0.144. The molecule has 0 unspecified atom stereocenters. The summed E-state index contributed by atoms with van der Waals surface area (Å²) >= 11 is 6.43. The average Bonchev–Trinajstić information content (AvgIpc) is 2.74. The van der Waals surface area contributed by atoms with Crippen molar-refractivity contribution in [1.29, 1.82) is 0 Å². The summed E-state index contributed by atoms with van der Waals surface area (Å²) in [6.07, 6.45) is 0.870. The van der Waals surface area contributed by atoms with Crippen LogP contribution in [-0.4, -0.2) is 54.6 Å². The molecule has 0 aromatic heterocycles. The number of fused-ring (bicyclic) bond motifs is 2. The second-order valence-electron chi connectivity index (χ2n) is 6.16. The molecule has 1 aromatic rings. The molecule has 2 fully saturated rings. The number of rotatable bonds is 3. The van der Waals surface area contributed by atoms with Gasteiger partial charge < -0.3 is 9.47 Å². The van der Waals surface area contributed by atoms with E-state index in [-0.39, 0.29) is 23.4 Å². The second kappa shape index (κ2) is 6.49. The Labute approximate surface area is 140 Å². The quantitative estimate of drug-likeness (QED) is 0.624. The summed E-state index contributed by atoms with van der Waals surface area (Å²) in [7, 11) is 3.31. The van der Waals surface area contributed by atoms with Crippen LogP contribution in [0.5, 0.6) is 0 Å². The molecule has 3 rings (SSSR count). The van der Waals surface area contributed by atoms with Gasteiger partial charge in [-0.15, -0.1) is 11.6 Å². The van der Waals surface area contributed by atoms with Crippen LogP contribution in [0.4, 0.5) is 0 Å². The minimum Gasteiger partial charge on any atom is -0.469 e. The van der Waals surface area contributed by atoms with E-state index in [1.165, 1.54) is 7.11 Å². The molecule has 0 spiro atoms. The number of methoxy groups -OCH3 is 1. The van der Waals surface area contributed by atoms with Crippen molar-refractivity contribution in [1.82, 2.24) is 4.90 Å². The number of carbonyl (C=O) groups excluding carboxylic acids is 2. The van der Waals surface area contributed by atoms with Crippen molar-refractivity contribution in [3.63, 3.8) is 0 Å². The summed E-state index contributed by atoms with van der Waals surface area (Å²) in [5.41, 5.74) is 0.477. The first kappa shape index (κ1) is 16.3. The van der Waals surface area contributed by atoms with Crippen LogP contribution >= 0.6 is 11.6 Å². The normalized spacial score (nSPS) is 33.3. The van der Waals surface area contributed by atoms with Gasteiger partial charge in [-0.3, -0.25) is 9.69 Å². The van der Waals surface area contributed by atoms with Crippen LogP contribution < -0.4 is 0 Å². The van der Waals surface area contributed by atoms with E-state index in [9.17, 15) is 9.59 Å². The van der Waals surface area contributed by atoms with E-state index in [0.29, 0.717) is 12.0 Å². The van der Waals surface area contributed by atoms with Crippen LogP contribution in [0.25, 0.3) is 0 Å². The van der Waals surface area contributed by atoms with Crippen molar-refractivity contribution in [2.24, 2.45) is 5.92 Å². The first-order valence-corrected chi connectivity index (χ1v) is 8.16. The number of carbonyl (C=O) groups is 2. The van der Waals surface area contributed by atoms with E-state index in [4.69, 9.17) is 21.1 Å². The maximum absolute atomic E-state index is 12.3. The predicted octanol–water partition coefficient (Wildman–Crippen LogP) is 2.08. The highest BCUT2D eigenvalue weighted by atomic mass is 35.5. The maximum atomic E-state index is 12.3. The largest absolute Gasteiger partial charge is 0.469 e. The molecule has 0 aliphatic carbocycles. The summed E-state index contributed by atoms with van der Waals surface area (Å²) in [6, 6.07) is 8.84. The van der Waals surface area contributed by atoms with E-state index >= 15 is 0 Å². The number of ether oxygens (including phenoxy) is 2. The summed E-state index contributed by atoms with van der Waals surface area (Å²) < 4.78 is 10.6. The third-order valence-corrected chi connectivity index (χ3v) is 5.36. The lowest BCUT2D eigenvalue weighted by Gasteiger charge is -2.41. The van der Waals surface area contributed by atoms with E-state index in [1.54, 1.807) is 24.3 Å². The van der Waals surface area contributed by atoms with Crippen LogP contribution in [0.1, 0.15) is 23.2 Å². The van der Waals surface area contributed by atoms with Gasteiger partial charge in [-0.05, 0) is 25.6 Å². The summed E-state index contributed by atoms with van der Waals surface area (Å²) in [4.78, 5) is 26.7. The zero-order valence-corrected chi connectivity index (χ0v) is 13.9. The molecule has 2 saturated heterocycles. The fourth-order valence-electron chi connectivity index (χ4n) is 3.77.